The molecule has 1 aliphatic carbocycles. The lowest BCUT2D eigenvalue weighted by atomic mass is 10.1. The number of esters is 1. The predicted octanol–water partition coefficient (Wildman–Crippen LogP) is 3.24. The highest BCUT2D eigenvalue weighted by molar-refractivity contribution is 5.82. The van der Waals surface area contributed by atoms with Gasteiger partial charge in [-0.25, -0.2) is 4.98 Å². The summed E-state index contributed by atoms with van der Waals surface area (Å²) in [5.41, 5.74) is 4.13. The lowest BCUT2D eigenvalue weighted by Crippen LogP contribution is -2.46. The summed E-state index contributed by atoms with van der Waals surface area (Å²) in [6, 6.07) is 7.06. The van der Waals surface area contributed by atoms with E-state index in [2.05, 4.69) is 16.8 Å². The number of aliphatic hydroxyl groups excluding tert-OH is 1. The van der Waals surface area contributed by atoms with E-state index in [1.165, 1.54) is 0 Å². The molecule has 2 aromatic heterocycles. The van der Waals surface area contributed by atoms with Gasteiger partial charge in [-0.2, -0.15) is 0 Å². The van der Waals surface area contributed by atoms with E-state index >= 15 is 0 Å². The molecule has 200 valence electrons. The molecule has 0 amide bonds. The molecule has 1 aliphatic rings. The summed E-state index contributed by atoms with van der Waals surface area (Å²) in [7, 11) is 3.41. The molecular weight excluding hydrogens is 472 g/mol. The van der Waals surface area contributed by atoms with Gasteiger partial charge in [0, 0.05) is 38.0 Å². The number of ether oxygens (including phenoxy) is 2. The first-order valence-electron chi connectivity index (χ1n) is 13.0. The average Bonchev–Trinajstić information content (AvgIpc) is 3.49. The number of nitrogens with one attached hydrogen (secondary N) is 1. The topological polar surface area (TPSA) is 108 Å². The second-order valence-corrected chi connectivity index (χ2v) is 10.2. The van der Waals surface area contributed by atoms with E-state index in [1.54, 1.807) is 38.8 Å². The number of aryl methyl sites for hydroxylation is 2. The fourth-order valence-corrected chi connectivity index (χ4v) is 5.14. The summed E-state index contributed by atoms with van der Waals surface area (Å²) in [6.07, 6.45) is 4.78. The second kappa shape index (κ2) is 11.6. The summed E-state index contributed by atoms with van der Waals surface area (Å²) >= 11 is 0. The summed E-state index contributed by atoms with van der Waals surface area (Å²) in [5, 5.41) is 13.4. The minimum atomic E-state index is -0.883. The molecule has 0 bridgehead atoms. The number of imidazole rings is 1. The Kier molecular flexibility index (Phi) is 8.46. The maximum Gasteiger partial charge on any atom is 0.326 e. The van der Waals surface area contributed by atoms with Gasteiger partial charge >= 0.3 is 5.97 Å². The zero-order valence-corrected chi connectivity index (χ0v) is 22.4. The van der Waals surface area contributed by atoms with Gasteiger partial charge < -0.3 is 23.7 Å². The van der Waals surface area contributed by atoms with Crippen LogP contribution >= 0.6 is 0 Å². The van der Waals surface area contributed by atoms with Crippen LogP contribution in [0.3, 0.4) is 0 Å². The van der Waals surface area contributed by atoms with Gasteiger partial charge in [0.25, 0.3) is 5.56 Å². The molecule has 9 nitrogen and oxygen atoms in total. The standard InChI is InChI=1S/C28H38N4O5/c1-17-12-21(15-31(4)27(17)34)26-30-23-13-20(10-11-24(23)32(26)18(2)16-36-5)14-29-25(19(3)33)28(35)37-22-8-6-7-9-22/h10-13,15,18-19,22,25,29,33H,6-9,14,16H2,1-5H3. The number of pyridine rings is 1. The minimum Gasteiger partial charge on any atom is -0.461 e. The number of nitrogens with zero attached hydrogens (tertiary/aromatic N) is 3. The van der Waals surface area contributed by atoms with E-state index in [0.717, 1.165) is 53.7 Å². The van der Waals surface area contributed by atoms with Crippen molar-refractivity contribution < 1.29 is 19.4 Å². The average molecular weight is 511 g/mol. The minimum absolute atomic E-state index is 0.0106. The fourth-order valence-electron chi connectivity index (χ4n) is 5.14. The van der Waals surface area contributed by atoms with Crippen molar-refractivity contribution >= 4 is 17.0 Å². The quantitative estimate of drug-likeness (QED) is 0.403. The van der Waals surface area contributed by atoms with E-state index < -0.39 is 18.1 Å². The van der Waals surface area contributed by atoms with Crippen molar-refractivity contribution in [2.45, 2.75) is 77.3 Å². The summed E-state index contributed by atoms with van der Waals surface area (Å²) < 4.78 is 14.8. The summed E-state index contributed by atoms with van der Waals surface area (Å²) in [6.45, 7) is 6.35. The number of fused-ring (bicyclic) bond motifs is 1. The van der Waals surface area contributed by atoms with Gasteiger partial charge in [0.1, 0.15) is 18.0 Å². The molecule has 0 radical (unpaired) electrons. The molecule has 0 spiro atoms. The molecule has 0 aliphatic heterocycles. The lowest BCUT2D eigenvalue weighted by molar-refractivity contribution is -0.154. The van der Waals surface area contributed by atoms with Crippen LogP contribution < -0.4 is 10.9 Å². The first kappa shape index (κ1) is 27.0. The van der Waals surface area contributed by atoms with Crippen molar-refractivity contribution in [2.24, 2.45) is 7.05 Å². The SMILES string of the molecule is COCC(C)n1c(-c2cc(C)c(=O)n(C)c2)nc2cc(CNC(C(=O)OC3CCCC3)C(C)O)ccc21. The third-order valence-electron chi connectivity index (χ3n) is 7.07. The first-order valence-corrected chi connectivity index (χ1v) is 13.0. The van der Waals surface area contributed by atoms with Crippen molar-refractivity contribution in [3.05, 3.63) is 51.9 Å². The Bertz CT molecular complexity index is 1280. The van der Waals surface area contributed by atoms with Crippen LogP contribution in [0.4, 0.5) is 0 Å². The van der Waals surface area contributed by atoms with Crippen molar-refractivity contribution in [3.63, 3.8) is 0 Å². The van der Waals surface area contributed by atoms with E-state index in [-0.39, 0.29) is 17.7 Å². The molecular formula is C28H38N4O5. The Hall–Kier alpha value is -3.01. The van der Waals surface area contributed by atoms with E-state index in [9.17, 15) is 14.7 Å². The highest BCUT2D eigenvalue weighted by Crippen LogP contribution is 2.29. The Morgan fingerprint density at radius 2 is 1.97 bits per heavy atom. The zero-order valence-electron chi connectivity index (χ0n) is 22.4. The molecule has 3 aromatic rings. The fraction of sp³-hybridized carbons (Fsp3) is 0.536. The summed E-state index contributed by atoms with van der Waals surface area (Å²) in [4.78, 5) is 29.9. The van der Waals surface area contributed by atoms with Gasteiger partial charge in [-0.3, -0.25) is 14.9 Å². The van der Waals surface area contributed by atoms with Crippen molar-refractivity contribution in [1.29, 1.82) is 0 Å². The maximum atomic E-state index is 12.7. The van der Waals surface area contributed by atoms with Gasteiger partial charge in [-0.1, -0.05) is 6.07 Å². The van der Waals surface area contributed by atoms with Gasteiger partial charge in [0.05, 0.1) is 29.8 Å². The number of methoxy groups -OCH3 is 1. The third kappa shape index (κ3) is 5.95. The second-order valence-electron chi connectivity index (χ2n) is 10.2. The Morgan fingerprint density at radius 1 is 1.24 bits per heavy atom. The molecule has 2 heterocycles. The maximum absolute atomic E-state index is 12.7. The predicted molar refractivity (Wildman–Crippen MR) is 142 cm³/mol. The van der Waals surface area contributed by atoms with Gasteiger partial charge in [0.2, 0.25) is 0 Å². The molecule has 1 fully saturated rings. The van der Waals surface area contributed by atoms with Crippen LogP contribution in [-0.2, 0) is 27.9 Å². The van der Waals surface area contributed by atoms with Crippen LogP contribution in [0.2, 0.25) is 0 Å². The monoisotopic (exact) mass is 510 g/mol. The van der Waals surface area contributed by atoms with Crippen molar-refractivity contribution in [1.82, 2.24) is 19.4 Å². The number of hydrogen-bond acceptors (Lipinski definition) is 7. The highest BCUT2D eigenvalue weighted by atomic mass is 16.5. The highest BCUT2D eigenvalue weighted by Gasteiger charge is 2.28. The Balaban J connectivity index is 1.62. The molecule has 2 N–H and O–H groups in total. The van der Waals surface area contributed by atoms with Crippen LogP contribution in [-0.4, -0.2) is 57.2 Å². The van der Waals surface area contributed by atoms with Crippen LogP contribution in [0.1, 0.15) is 56.7 Å². The number of carbonyl (C=O) groups excluding carboxylic acids is 1. The molecule has 1 saturated carbocycles. The van der Waals surface area contributed by atoms with E-state index in [1.807, 2.05) is 24.3 Å². The smallest absolute Gasteiger partial charge is 0.326 e. The number of hydrogen-bond donors (Lipinski definition) is 2. The first-order chi connectivity index (χ1) is 17.7. The lowest BCUT2D eigenvalue weighted by Gasteiger charge is -2.22. The summed E-state index contributed by atoms with van der Waals surface area (Å²) in [5.74, 6) is 0.346. The largest absolute Gasteiger partial charge is 0.461 e. The normalized spacial score (nSPS) is 16.7. The number of aromatic nitrogens is 3. The molecule has 3 unspecified atom stereocenters. The Morgan fingerprint density at radius 3 is 2.62 bits per heavy atom. The van der Waals surface area contributed by atoms with Crippen LogP contribution in [0, 0.1) is 6.92 Å². The van der Waals surface area contributed by atoms with Crippen molar-refractivity contribution in [3.8, 4) is 11.4 Å². The number of aliphatic hydroxyl groups is 1. The van der Waals surface area contributed by atoms with Gasteiger partial charge in [0.15, 0.2) is 0 Å². The van der Waals surface area contributed by atoms with Crippen LogP contribution in [0.15, 0.2) is 35.3 Å². The van der Waals surface area contributed by atoms with Gasteiger partial charge in [-0.15, -0.1) is 0 Å². The number of carbonyl (C=O) groups is 1. The molecule has 3 atom stereocenters. The zero-order chi connectivity index (χ0) is 26.7. The molecule has 1 aromatic carbocycles. The molecule has 4 rings (SSSR count). The molecule has 9 heteroatoms. The number of benzene rings is 1. The van der Waals surface area contributed by atoms with E-state index in [0.29, 0.717) is 18.7 Å². The molecule has 37 heavy (non-hydrogen) atoms. The molecule has 0 saturated heterocycles. The van der Waals surface area contributed by atoms with Gasteiger partial charge in [-0.05, 0) is 70.2 Å². The number of rotatable bonds is 10. The Labute approximate surface area is 217 Å². The van der Waals surface area contributed by atoms with Crippen LogP contribution in [0.25, 0.3) is 22.4 Å². The van der Waals surface area contributed by atoms with Crippen molar-refractivity contribution in [2.75, 3.05) is 13.7 Å². The third-order valence-corrected chi connectivity index (χ3v) is 7.07. The van der Waals surface area contributed by atoms with Crippen LogP contribution in [0.5, 0.6) is 0 Å². The van der Waals surface area contributed by atoms with E-state index in [4.69, 9.17) is 14.5 Å².